The predicted octanol–water partition coefficient (Wildman–Crippen LogP) is 0.456. The molecule has 0 radical (unpaired) electrons. The van der Waals surface area contributed by atoms with Gasteiger partial charge in [0.2, 0.25) is 6.41 Å². The van der Waals surface area contributed by atoms with E-state index in [1.54, 1.807) is 66.7 Å². The smallest absolute Gasteiger partial charge is 0.276 e. The zero-order valence-electron chi connectivity index (χ0n) is 30.2. The van der Waals surface area contributed by atoms with Gasteiger partial charge in [0.15, 0.2) is 17.3 Å². The van der Waals surface area contributed by atoms with Crippen molar-refractivity contribution >= 4 is 24.0 Å². The SMILES string of the molecule is COCCN(C=O)CCOC.COCCN(CCOC)C(=O)c1nc(N(CCOC)CCOC)c(C)nc1N(CCOC)CCOC. The first kappa shape index (κ1) is 44.3. The number of hydrogen-bond donors (Lipinski definition) is 0. The number of aromatic nitrogens is 2. The molecular formula is C31H60N6O10. The summed E-state index contributed by atoms with van der Waals surface area (Å²) in [5.41, 5.74) is 0.962. The zero-order valence-corrected chi connectivity index (χ0v) is 30.2. The lowest BCUT2D eigenvalue weighted by Gasteiger charge is -2.30. The molecule has 16 heteroatoms. The van der Waals surface area contributed by atoms with Gasteiger partial charge in [-0.3, -0.25) is 9.59 Å². The highest BCUT2D eigenvalue weighted by atomic mass is 16.5. The molecular weight excluding hydrogens is 616 g/mol. The number of hydrogen-bond acceptors (Lipinski definition) is 14. The molecule has 0 saturated carbocycles. The Hall–Kier alpha value is -2.70. The number of rotatable bonds is 28. The van der Waals surface area contributed by atoms with Gasteiger partial charge >= 0.3 is 0 Å². The van der Waals surface area contributed by atoms with Crippen LogP contribution in [0.15, 0.2) is 0 Å². The molecule has 1 rings (SSSR count). The average Bonchev–Trinajstić information content (AvgIpc) is 3.09. The van der Waals surface area contributed by atoms with Crippen LogP contribution < -0.4 is 9.80 Å². The first-order valence-electron chi connectivity index (χ1n) is 15.6. The summed E-state index contributed by atoms with van der Waals surface area (Å²) in [5, 5.41) is 0. The molecule has 0 aliphatic heterocycles. The van der Waals surface area contributed by atoms with Crippen molar-refractivity contribution in [1.82, 2.24) is 19.8 Å². The molecule has 1 aromatic heterocycles. The van der Waals surface area contributed by atoms with E-state index >= 15 is 0 Å². The lowest BCUT2D eigenvalue weighted by Crippen LogP contribution is -2.40. The van der Waals surface area contributed by atoms with Crippen molar-refractivity contribution in [3.05, 3.63) is 11.4 Å². The fraction of sp³-hybridized carbons (Fsp3) is 0.806. The van der Waals surface area contributed by atoms with Gasteiger partial charge in [0, 0.05) is 109 Å². The fourth-order valence-corrected chi connectivity index (χ4v) is 4.12. The number of methoxy groups -OCH3 is 8. The average molecular weight is 677 g/mol. The molecule has 1 heterocycles. The summed E-state index contributed by atoms with van der Waals surface area (Å²) in [7, 11) is 13.0. The van der Waals surface area contributed by atoms with E-state index in [0.29, 0.717) is 123 Å². The second kappa shape index (κ2) is 29.4. The Morgan fingerprint density at radius 1 is 0.532 bits per heavy atom. The monoisotopic (exact) mass is 676 g/mol. The maximum absolute atomic E-state index is 13.9. The molecule has 2 amide bonds. The van der Waals surface area contributed by atoms with Gasteiger partial charge < -0.3 is 57.5 Å². The third kappa shape index (κ3) is 18.4. The first-order valence-corrected chi connectivity index (χ1v) is 15.6. The predicted molar refractivity (Wildman–Crippen MR) is 180 cm³/mol. The number of carbonyl (C=O) groups excluding carboxylic acids is 2. The zero-order chi connectivity index (χ0) is 35.3. The van der Waals surface area contributed by atoms with E-state index in [0.717, 1.165) is 6.41 Å². The molecule has 0 atom stereocenters. The summed E-state index contributed by atoms with van der Waals surface area (Å²) in [6, 6.07) is 0. The Morgan fingerprint density at radius 3 is 1.23 bits per heavy atom. The molecule has 0 saturated heterocycles. The third-order valence-corrected chi connectivity index (χ3v) is 6.82. The van der Waals surface area contributed by atoms with Gasteiger partial charge in [-0.15, -0.1) is 0 Å². The van der Waals surface area contributed by atoms with Crippen LogP contribution in [0.5, 0.6) is 0 Å². The topological polar surface area (TPSA) is 147 Å². The Balaban J connectivity index is 0.00000163. The molecule has 16 nitrogen and oxygen atoms in total. The van der Waals surface area contributed by atoms with Crippen LogP contribution in [0.25, 0.3) is 0 Å². The van der Waals surface area contributed by atoms with Crippen LogP contribution in [0.1, 0.15) is 16.2 Å². The summed E-state index contributed by atoms with van der Waals surface area (Å²) in [4.78, 5) is 41.3. The van der Waals surface area contributed by atoms with Crippen LogP contribution in [-0.2, 0) is 42.7 Å². The molecule has 0 fully saturated rings. The van der Waals surface area contributed by atoms with Gasteiger partial charge in [-0.05, 0) is 6.92 Å². The van der Waals surface area contributed by atoms with Crippen molar-refractivity contribution in [3.63, 3.8) is 0 Å². The maximum atomic E-state index is 13.9. The highest BCUT2D eigenvalue weighted by Crippen LogP contribution is 2.25. The van der Waals surface area contributed by atoms with Gasteiger partial charge in [0.05, 0.1) is 58.5 Å². The molecule has 0 spiro atoms. The number of carbonyl (C=O) groups is 2. The standard InChI is InChI=1S/C24H45N5O7.C7H15NO3/c1-20-22(27(8-14-31-2)9-15-32-3)26-21(24(30)29(12-18-35-6)13-19-36-7)23(25-20)28(10-16-33-4)11-17-34-5;1-10-5-3-8(7-9)4-6-11-2/h8-19H2,1-7H3;7H,3-6H2,1-2H3. The number of ether oxygens (including phenoxy) is 8. The third-order valence-electron chi connectivity index (χ3n) is 6.82. The van der Waals surface area contributed by atoms with E-state index in [-0.39, 0.29) is 11.6 Å². The van der Waals surface area contributed by atoms with Crippen LogP contribution in [0.2, 0.25) is 0 Å². The van der Waals surface area contributed by atoms with Gasteiger partial charge in [-0.1, -0.05) is 0 Å². The highest BCUT2D eigenvalue weighted by Gasteiger charge is 2.28. The van der Waals surface area contributed by atoms with Gasteiger partial charge in [0.25, 0.3) is 5.91 Å². The Bertz CT molecular complexity index is 901. The summed E-state index contributed by atoms with van der Waals surface area (Å²) in [6.45, 7) is 10.0. The van der Waals surface area contributed by atoms with E-state index < -0.39 is 0 Å². The molecule has 0 aliphatic carbocycles. The molecule has 0 N–H and O–H groups in total. The molecule has 47 heavy (non-hydrogen) atoms. The number of amides is 2. The van der Waals surface area contributed by atoms with Crippen LogP contribution in [0.4, 0.5) is 11.6 Å². The van der Waals surface area contributed by atoms with Crippen molar-refractivity contribution in [2.45, 2.75) is 6.92 Å². The molecule has 0 bridgehead atoms. The summed E-state index contributed by atoms with van der Waals surface area (Å²) in [6.07, 6.45) is 0.804. The van der Waals surface area contributed by atoms with Crippen molar-refractivity contribution in [1.29, 1.82) is 0 Å². The second-order valence-corrected chi connectivity index (χ2v) is 10.2. The minimum atomic E-state index is -0.244. The molecule has 0 aromatic carbocycles. The summed E-state index contributed by atoms with van der Waals surface area (Å²) in [5.74, 6) is 0.868. The van der Waals surface area contributed by atoms with Crippen molar-refractivity contribution in [3.8, 4) is 0 Å². The number of aryl methyl sites for hydroxylation is 1. The van der Waals surface area contributed by atoms with Crippen LogP contribution in [0.3, 0.4) is 0 Å². The van der Waals surface area contributed by atoms with E-state index in [2.05, 4.69) is 0 Å². The Labute approximate surface area is 281 Å². The summed E-state index contributed by atoms with van der Waals surface area (Å²) >= 11 is 0. The Morgan fingerprint density at radius 2 is 0.872 bits per heavy atom. The van der Waals surface area contributed by atoms with E-state index in [4.69, 9.17) is 47.9 Å². The summed E-state index contributed by atoms with van der Waals surface area (Å²) < 4.78 is 41.3. The van der Waals surface area contributed by atoms with Crippen molar-refractivity contribution in [2.75, 3.05) is 172 Å². The first-order chi connectivity index (χ1) is 22.8. The largest absolute Gasteiger partial charge is 0.383 e. The minimum Gasteiger partial charge on any atom is -0.383 e. The van der Waals surface area contributed by atoms with Crippen molar-refractivity contribution < 1.29 is 47.5 Å². The van der Waals surface area contributed by atoms with E-state index in [1.807, 2.05) is 16.7 Å². The lowest BCUT2D eigenvalue weighted by molar-refractivity contribution is -0.119. The Kier molecular flexibility index (Phi) is 27.7. The normalized spacial score (nSPS) is 10.7. The van der Waals surface area contributed by atoms with Gasteiger partial charge in [0.1, 0.15) is 0 Å². The number of anilines is 2. The van der Waals surface area contributed by atoms with E-state index in [1.165, 1.54) is 0 Å². The highest BCUT2D eigenvalue weighted by molar-refractivity contribution is 5.97. The number of nitrogens with zero attached hydrogens (tertiary/aromatic N) is 6. The quantitative estimate of drug-likeness (QED) is 0.113. The van der Waals surface area contributed by atoms with Crippen molar-refractivity contribution in [2.24, 2.45) is 0 Å². The molecule has 274 valence electrons. The minimum absolute atomic E-state index is 0.244. The van der Waals surface area contributed by atoms with Crippen LogP contribution >= 0.6 is 0 Å². The second-order valence-electron chi connectivity index (χ2n) is 10.2. The van der Waals surface area contributed by atoms with Gasteiger partial charge in [-0.25, -0.2) is 9.97 Å². The lowest BCUT2D eigenvalue weighted by atomic mass is 10.2. The molecule has 0 aliphatic rings. The van der Waals surface area contributed by atoms with Crippen LogP contribution in [0, 0.1) is 6.92 Å². The fourth-order valence-electron chi connectivity index (χ4n) is 4.12. The molecule has 0 unspecified atom stereocenters. The van der Waals surface area contributed by atoms with E-state index in [9.17, 15) is 9.59 Å². The van der Waals surface area contributed by atoms with Gasteiger partial charge in [-0.2, -0.15) is 0 Å². The molecule has 1 aromatic rings. The maximum Gasteiger partial charge on any atom is 0.276 e. The van der Waals surface area contributed by atoms with Crippen LogP contribution in [-0.4, -0.2) is 194 Å².